The standard InChI is InChI=1S/C13H10F2O/c1-9-7-11(14)13(12(15)8-9)16-10-5-3-2-4-6-10/h2-8H,1H3. The number of ether oxygens (including phenoxy) is 1. The van der Waals surface area contributed by atoms with Gasteiger partial charge in [-0.2, -0.15) is 0 Å². The molecular formula is C13H10F2O. The maximum atomic E-state index is 13.4. The average Bonchev–Trinajstić information content (AvgIpc) is 2.25. The van der Waals surface area contributed by atoms with E-state index in [1.54, 1.807) is 37.3 Å². The number of aryl methyl sites for hydroxylation is 1. The third kappa shape index (κ3) is 2.19. The lowest BCUT2D eigenvalue weighted by Gasteiger charge is -2.08. The van der Waals surface area contributed by atoms with Gasteiger partial charge in [-0.15, -0.1) is 0 Å². The summed E-state index contributed by atoms with van der Waals surface area (Å²) in [6.07, 6.45) is 0. The lowest BCUT2D eigenvalue weighted by atomic mass is 10.2. The van der Waals surface area contributed by atoms with Crippen molar-refractivity contribution in [2.75, 3.05) is 0 Å². The highest BCUT2D eigenvalue weighted by molar-refractivity contribution is 5.35. The van der Waals surface area contributed by atoms with Crippen LogP contribution in [0, 0.1) is 18.6 Å². The predicted octanol–water partition coefficient (Wildman–Crippen LogP) is 4.07. The Hall–Kier alpha value is -1.90. The van der Waals surface area contributed by atoms with Crippen LogP contribution in [0.4, 0.5) is 8.78 Å². The highest BCUT2D eigenvalue weighted by Gasteiger charge is 2.11. The molecule has 2 aromatic carbocycles. The summed E-state index contributed by atoms with van der Waals surface area (Å²) in [5.74, 6) is -1.34. The fourth-order valence-electron chi connectivity index (χ4n) is 1.39. The first-order valence-corrected chi connectivity index (χ1v) is 4.85. The minimum Gasteiger partial charge on any atom is -0.451 e. The molecule has 0 fully saturated rings. The minimum atomic E-state index is -0.693. The fourth-order valence-corrected chi connectivity index (χ4v) is 1.39. The second-order valence-corrected chi connectivity index (χ2v) is 3.47. The molecular weight excluding hydrogens is 210 g/mol. The van der Waals surface area contributed by atoms with E-state index in [0.29, 0.717) is 11.3 Å². The molecule has 0 radical (unpaired) electrons. The second-order valence-electron chi connectivity index (χ2n) is 3.47. The van der Waals surface area contributed by atoms with Crippen molar-refractivity contribution in [1.29, 1.82) is 0 Å². The topological polar surface area (TPSA) is 9.23 Å². The Morgan fingerprint density at radius 2 is 1.50 bits per heavy atom. The van der Waals surface area contributed by atoms with E-state index in [1.165, 1.54) is 12.1 Å². The smallest absolute Gasteiger partial charge is 0.198 e. The van der Waals surface area contributed by atoms with E-state index in [1.807, 2.05) is 0 Å². The summed E-state index contributed by atoms with van der Waals surface area (Å²) in [5.41, 5.74) is 0.524. The Bertz CT molecular complexity index is 472. The van der Waals surface area contributed by atoms with Gasteiger partial charge in [0, 0.05) is 0 Å². The highest BCUT2D eigenvalue weighted by Crippen LogP contribution is 2.28. The summed E-state index contributed by atoms with van der Waals surface area (Å²) >= 11 is 0. The first-order valence-electron chi connectivity index (χ1n) is 4.85. The molecule has 0 heterocycles. The molecule has 0 N–H and O–H groups in total. The lowest BCUT2D eigenvalue weighted by Crippen LogP contribution is -1.93. The normalized spacial score (nSPS) is 10.2. The predicted molar refractivity (Wildman–Crippen MR) is 57.6 cm³/mol. The molecule has 3 heteroatoms. The first-order chi connectivity index (χ1) is 7.66. The van der Waals surface area contributed by atoms with Gasteiger partial charge in [-0.3, -0.25) is 0 Å². The number of hydrogen-bond donors (Lipinski definition) is 0. The van der Waals surface area contributed by atoms with Crippen molar-refractivity contribution in [1.82, 2.24) is 0 Å². The van der Waals surface area contributed by atoms with Crippen molar-refractivity contribution >= 4 is 0 Å². The van der Waals surface area contributed by atoms with Gasteiger partial charge in [0.15, 0.2) is 17.4 Å². The van der Waals surface area contributed by atoms with Gasteiger partial charge in [0.05, 0.1) is 0 Å². The van der Waals surface area contributed by atoms with Crippen molar-refractivity contribution in [3.63, 3.8) is 0 Å². The number of rotatable bonds is 2. The second kappa shape index (κ2) is 4.31. The van der Waals surface area contributed by atoms with Gasteiger partial charge < -0.3 is 4.74 Å². The van der Waals surface area contributed by atoms with Crippen molar-refractivity contribution < 1.29 is 13.5 Å². The van der Waals surface area contributed by atoms with Crippen molar-refractivity contribution in [3.05, 3.63) is 59.7 Å². The summed E-state index contributed by atoms with van der Waals surface area (Å²) in [6, 6.07) is 11.0. The van der Waals surface area contributed by atoms with Gasteiger partial charge >= 0.3 is 0 Å². The average molecular weight is 220 g/mol. The molecule has 0 aliphatic carbocycles. The zero-order valence-electron chi connectivity index (χ0n) is 8.71. The van der Waals surface area contributed by atoms with Crippen molar-refractivity contribution in [2.24, 2.45) is 0 Å². The molecule has 2 aromatic rings. The summed E-state index contributed by atoms with van der Waals surface area (Å²) in [7, 11) is 0. The number of halogens is 2. The molecule has 0 saturated heterocycles. The molecule has 82 valence electrons. The molecule has 0 aliphatic rings. The lowest BCUT2D eigenvalue weighted by molar-refractivity contribution is 0.407. The summed E-state index contributed by atoms with van der Waals surface area (Å²) in [4.78, 5) is 0. The van der Waals surface area contributed by atoms with Crippen LogP contribution in [0.3, 0.4) is 0 Å². The molecule has 0 amide bonds. The van der Waals surface area contributed by atoms with E-state index in [9.17, 15) is 8.78 Å². The van der Waals surface area contributed by atoms with Gasteiger partial charge in [0.1, 0.15) is 5.75 Å². The maximum absolute atomic E-state index is 13.4. The molecule has 0 bridgehead atoms. The molecule has 0 atom stereocenters. The minimum absolute atomic E-state index is 0.364. The third-order valence-corrected chi connectivity index (χ3v) is 2.11. The SMILES string of the molecule is Cc1cc(F)c(Oc2ccccc2)c(F)c1. The van der Waals surface area contributed by atoms with Crippen LogP contribution in [0.25, 0.3) is 0 Å². The summed E-state index contributed by atoms with van der Waals surface area (Å²) in [6.45, 7) is 1.62. The van der Waals surface area contributed by atoms with Crippen LogP contribution in [0.15, 0.2) is 42.5 Å². The zero-order valence-corrected chi connectivity index (χ0v) is 8.71. The first kappa shape index (κ1) is 10.6. The molecule has 16 heavy (non-hydrogen) atoms. The summed E-state index contributed by atoms with van der Waals surface area (Å²) in [5, 5.41) is 0. The largest absolute Gasteiger partial charge is 0.451 e. The van der Waals surface area contributed by atoms with Gasteiger partial charge in [-0.05, 0) is 36.8 Å². The third-order valence-electron chi connectivity index (χ3n) is 2.11. The molecule has 0 aromatic heterocycles. The molecule has 0 spiro atoms. The highest BCUT2D eigenvalue weighted by atomic mass is 19.1. The molecule has 2 rings (SSSR count). The Morgan fingerprint density at radius 3 is 2.06 bits per heavy atom. The van der Waals surface area contributed by atoms with Gasteiger partial charge in [0.2, 0.25) is 0 Å². The Labute approximate surface area is 92.3 Å². The molecule has 1 nitrogen and oxygen atoms in total. The quantitative estimate of drug-likeness (QED) is 0.741. The fraction of sp³-hybridized carbons (Fsp3) is 0.0769. The van der Waals surface area contributed by atoms with Gasteiger partial charge in [0.25, 0.3) is 0 Å². The van der Waals surface area contributed by atoms with E-state index in [0.717, 1.165) is 0 Å². The summed E-state index contributed by atoms with van der Waals surface area (Å²) < 4.78 is 32.0. The molecule has 0 unspecified atom stereocenters. The molecule has 0 saturated carbocycles. The van der Waals surface area contributed by atoms with E-state index in [-0.39, 0.29) is 5.75 Å². The Morgan fingerprint density at radius 1 is 0.938 bits per heavy atom. The van der Waals surface area contributed by atoms with Crippen LogP contribution in [-0.2, 0) is 0 Å². The van der Waals surface area contributed by atoms with Crippen molar-refractivity contribution in [3.8, 4) is 11.5 Å². The van der Waals surface area contributed by atoms with Crippen LogP contribution in [0.2, 0.25) is 0 Å². The van der Waals surface area contributed by atoms with Crippen LogP contribution in [0.1, 0.15) is 5.56 Å². The number of benzene rings is 2. The monoisotopic (exact) mass is 220 g/mol. The maximum Gasteiger partial charge on any atom is 0.198 e. The van der Waals surface area contributed by atoms with Crippen LogP contribution >= 0.6 is 0 Å². The van der Waals surface area contributed by atoms with Crippen LogP contribution in [0.5, 0.6) is 11.5 Å². The number of para-hydroxylation sites is 1. The van der Waals surface area contributed by atoms with E-state index in [2.05, 4.69) is 0 Å². The van der Waals surface area contributed by atoms with Gasteiger partial charge in [-0.1, -0.05) is 18.2 Å². The Kier molecular flexibility index (Phi) is 2.86. The van der Waals surface area contributed by atoms with Crippen LogP contribution < -0.4 is 4.74 Å². The van der Waals surface area contributed by atoms with Crippen LogP contribution in [-0.4, -0.2) is 0 Å². The Balaban J connectivity index is 2.35. The zero-order chi connectivity index (χ0) is 11.5. The van der Waals surface area contributed by atoms with Crippen molar-refractivity contribution in [2.45, 2.75) is 6.92 Å². The van der Waals surface area contributed by atoms with E-state index < -0.39 is 11.6 Å². The number of hydrogen-bond acceptors (Lipinski definition) is 1. The molecule has 0 aliphatic heterocycles. The van der Waals surface area contributed by atoms with E-state index >= 15 is 0 Å². The van der Waals surface area contributed by atoms with E-state index in [4.69, 9.17) is 4.74 Å². The van der Waals surface area contributed by atoms with Gasteiger partial charge in [-0.25, -0.2) is 8.78 Å².